The van der Waals surface area contributed by atoms with E-state index in [0.29, 0.717) is 0 Å². The van der Waals surface area contributed by atoms with Crippen LogP contribution < -0.4 is 4.73 Å². The van der Waals surface area contributed by atoms with Crippen LogP contribution in [0.3, 0.4) is 0 Å². The van der Waals surface area contributed by atoms with Gasteiger partial charge in [0.05, 0.1) is 5.92 Å². The van der Waals surface area contributed by atoms with E-state index >= 15 is 0 Å². The molecule has 21 heavy (non-hydrogen) atoms. The molecule has 0 spiro atoms. The van der Waals surface area contributed by atoms with Crippen molar-refractivity contribution in [2.24, 2.45) is 0 Å². The first-order valence-electron chi connectivity index (χ1n) is 7.48. The number of nitrogens with zero attached hydrogens (tertiary/aromatic N) is 1. The second-order valence-corrected chi connectivity index (χ2v) is 5.88. The molecule has 0 bridgehead atoms. The van der Waals surface area contributed by atoms with Gasteiger partial charge in [0, 0.05) is 16.4 Å². The molecule has 104 valence electrons. The lowest BCUT2D eigenvalue weighted by Crippen LogP contribution is -2.37. The molecular weight excluding hydrogens is 258 g/mol. The number of hydrogen-bond donors (Lipinski definition) is 1. The fourth-order valence-corrected chi connectivity index (χ4v) is 3.58. The summed E-state index contributed by atoms with van der Waals surface area (Å²) in [5.74, 6) is 0.202. The van der Waals surface area contributed by atoms with E-state index in [1.807, 2.05) is 6.07 Å². The van der Waals surface area contributed by atoms with Crippen molar-refractivity contribution < 1.29 is 9.94 Å². The molecule has 2 aromatic carbocycles. The molecule has 0 radical (unpaired) electrons. The minimum absolute atomic E-state index is 0.202. The predicted octanol–water partition coefficient (Wildman–Crippen LogP) is 3.62. The Balaban J connectivity index is 1.98. The minimum atomic E-state index is 0.202. The van der Waals surface area contributed by atoms with Gasteiger partial charge in [0.1, 0.15) is 0 Å². The van der Waals surface area contributed by atoms with Crippen molar-refractivity contribution in [2.45, 2.75) is 25.7 Å². The summed E-state index contributed by atoms with van der Waals surface area (Å²) in [4.78, 5) is 0. The molecule has 1 atom stereocenters. The second-order valence-electron chi connectivity index (χ2n) is 5.88. The fraction of sp³-hybridized carbons (Fsp3) is 0.211. The highest BCUT2D eigenvalue weighted by Gasteiger charge is 2.29. The normalized spacial score (nSPS) is 17.1. The Kier molecular flexibility index (Phi) is 2.71. The third kappa shape index (κ3) is 1.90. The van der Waals surface area contributed by atoms with Crippen LogP contribution in [0.1, 0.15) is 35.2 Å². The molecule has 1 aliphatic rings. The summed E-state index contributed by atoms with van der Waals surface area (Å²) in [6.45, 7) is 2.18. The largest absolute Gasteiger partial charge is 0.285 e. The Morgan fingerprint density at radius 3 is 2.48 bits per heavy atom. The van der Waals surface area contributed by atoms with Crippen LogP contribution in [0, 0.1) is 0 Å². The van der Waals surface area contributed by atoms with E-state index in [2.05, 4.69) is 49.4 Å². The van der Waals surface area contributed by atoms with Gasteiger partial charge in [-0.15, -0.1) is 0 Å². The highest BCUT2D eigenvalue weighted by molar-refractivity contribution is 5.84. The topological polar surface area (TPSA) is 24.1 Å². The van der Waals surface area contributed by atoms with Gasteiger partial charge in [-0.2, -0.15) is 0 Å². The molecule has 2 nitrogen and oxygen atoms in total. The van der Waals surface area contributed by atoms with Crippen molar-refractivity contribution in [1.29, 1.82) is 0 Å². The summed E-state index contributed by atoms with van der Waals surface area (Å²) in [5.41, 5.74) is 5.00. The maximum Gasteiger partial charge on any atom is 0.244 e. The van der Waals surface area contributed by atoms with Crippen molar-refractivity contribution in [3.8, 4) is 0 Å². The van der Waals surface area contributed by atoms with Gasteiger partial charge in [-0.3, -0.25) is 5.21 Å². The molecule has 4 rings (SSSR count). The van der Waals surface area contributed by atoms with Gasteiger partial charge in [0.25, 0.3) is 0 Å². The van der Waals surface area contributed by atoms with E-state index in [1.54, 1.807) is 6.20 Å². The molecule has 0 aliphatic heterocycles. The Bertz CT molecular complexity index is 838. The van der Waals surface area contributed by atoms with E-state index in [-0.39, 0.29) is 5.92 Å². The predicted molar refractivity (Wildman–Crippen MR) is 82.7 cm³/mol. The van der Waals surface area contributed by atoms with Crippen molar-refractivity contribution in [2.75, 3.05) is 0 Å². The zero-order chi connectivity index (χ0) is 14.4. The summed E-state index contributed by atoms with van der Waals surface area (Å²) in [5, 5.41) is 12.8. The van der Waals surface area contributed by atoms with Crippen LogP contribution in [0.15, 0.2) is 54.7 Å². The van der Waals surface area contributed by atoms with Crippen LogP contribution in [-0.2, 0) is 12.8 Å². The Morgan fingerprint density at radius 2 is 1.67 bits per heavy atom. The SMILES string of the molecule is CC1c2cc3ccccc3cc2CCc2ccc[n+](O)c21. The fourth-order valence-electron chi connectivity index (χ4n) is 3.58. The number of aryl methyl sites for hydroxylation is 2. The third-order valence-electron chi connectivity index (χ3n) is 4.65. The average molecular weight is 276 g/mol. The molecule has 1 aromatic heterocycles. The Hall–Kier alpha value is -2.35. The molecule has 1 heterocycles. The van der Waals surface area contributed by atoms with E-state index in [1.165, 1.54) is 32.2 Å². The number of aromatic nitrogens is 1. The third-order valence-corrected chi connectivity index (χ3v) is 4.65. The van der Waals surface area contributed by atoms with E-state index in [9.17, 15) is 5.21 Å². The van der Waals surface area contributed by atoms with Gasteiger partial charge < -0.3 is 0 Å². The summed E-state index contributed by atoms with van der Waals surface area (Å²) in [6.07, 6.45) is 3.73. The molecular formula is C19H18NO+. The molecule has 2 heteroatoms. The first-order valence-corrected chi connectivity index (χ1v) is 7.48. The van der Waals surface area contributed by atoms with E-state index < -0.39 is 0 Å². The van der Waals surface area contributed by atoms with Crippen molar-refractivity contribution in [3.63, 3.8) is 0 Å². The monoisotopic (exact) mass is 276 g/mol. The van der Waals surface area contributed by atoms with Crippen LogP contribution in [0.4, 0.5) is 0 Å². The van der Waals surface area contributed by atoms with Gasteiger partial charge in [0.15, 0.2) is 0 Å². The van der Waals surface area contributed by atoms with Gasteiger partial charge in [-0.05, 0) is 47.7 Å². The first-order chi connectivity index (χ1) is 10.2. The molecule has 0 saturated heterocycles. The van der Waals surface area contributed by atoms with Crippen molar-refractivity contribution in [1.82, 2.24) is 0 Å². The lowest BCUT2D eigenvalue weighted by molar-refractivity contribution is -0.910. The van der Waals surface area contributed by atoms with Crippen LogP contribution in [0.25, 0.3) is 10.8 Å². The Labute approximate surface area is 124 Å². The number of pyridine rings is 1. The summed E-state index contributed by atoms with van der Waals surface area (Å²) in [6, 6.07) is 17.1. The van der Waals surface area contributed by atoms with Crippen LogP contribution in [-0.4, -0.2) is 5.21 Å². The Morgan fingerprint density at radius 1 is 0.952 bits per heavy atom. The summed E-state index contributed by atoms with van der Waals surface area (Å²) < 4.78 is 1.30. The average Bonchev–Trinajstić information content (AvgIpc) is 2.64. The number of fused-ring (bicyclic) bond motifs is 3. The second kappa shape index (κ2) is 4.59. The highest BCUT2D eigenvalue weighted by Crippen LogP contribution is 2.34. The van der Waals surface area contributed by atoms with Gasteiger partial charge in [0.2, 0.25) is 11.9 Å². The zero-order valence-electron chi connectivity index (χ0n) is 12.1. The lowest BCUT2D eigenvalue weighted by Gasteiger charge is -2.13. The standard InChI is InChI=1S/C19H18NO/c1-13-18-12-16-6-3-2-5-15(16)11-17(18)9-8-14-7-4-10-20(21)19(13)14/h2-7,10-13,21H,8-9H2,1H3/q+1. The maximum absolute atomic E-state index is 10.2. The molecule has 0 fully saturated rings. The van der Waals surface area contributed by atoms with Crippen molar-refractivity contribution >= 4 is 10.8 Å². The minimum Gasteiger partial charge on any atom is -0.285 e. The molecule has 1 unspecified atom stereocenters. The van der Waals surface area contributed by atoms with E-state index in [4.69, 9.17) is 0 Å². The number of rotatable bonds is 0. The summed E-state index contributed by atoms with van der Waals surface area (Å²) >= 11 is 0. The first kappa shape index (κ1) is 12.4. The quantitative estimate of drug-likeness (QED) is 0.492. The lowest BCUT2D eigenvalue weighted by atomic mass is 9.91. The molecule has 1 aliphatic carbocycles. The smallest absolute Gasteiger partial charge is 0.244 e. The zero-order valence-corrected chi connectivity index (χ0v) is 12.1. The van der Waals surface area contributed by atoms with E-state index in [0.717, 1.165) is 18.5 Å². The highest BCUT2D eigenvalue weighted by atomic mass is 16.5. The molecule has 0 amide bonds. The van der Waals surface area contributed by atoms with Crippen LogP contribution in [0.2, 0.25) is 0 Å². The maximum atomic E-state index is 10.2. The number of hydrogen-bond acceptors (Lipinski definition) is 1. The molecule has 1 N–H and O–H groups in total. The van der Waals surface area contributed by atoms with Gasteiger partial charge in [-0.25, -0.2) is 0 Å². The van der Waals surface area contributed by atoms with Gasteiger partial charge in [-0.1, -0.05) is 36.4 Å². The molecule has 0 saturated carbocycles. The molecule has 3 aromatic rings. The number of benzene rings is 2. The summed E-state index contributed by atoms with van der Waals surface area (Å²) in [7, 11) is 0. The van der Waals surface area contributed by atoms with Gasteiger partial charge >= 0.3 is 0 Å². The van der Waals surface area contributed by atoms with Crippen LogP contribution in [0.5, 0.6) is 0 Å². The van der Waals surface area contributed by atoms with Crippen molar-refractivity contribution in [3.05, 3.63) is 77.1 Å². The van der Waals surface area contributed by atoms with Crippen LogP contribution >= 0.6 is 0 Å².